The molecular formula is C8H14F2N2O. The van der Waals surface area contributed by atoms with Crippen LogP contribution < -0.4 is 5.32 Å². The zero-order chi connectivity index (χ0) is 10.1. The van der Waals surface area contributed by atoms with Gasteiger partial charge in [-0.2, -0.15) is 0 Å². The molecule has 0 aromatic rings. The lowest BCUT2D eigenvalue weighted by molar-refractivity contribution is -0.133. The Morgan fingerprint density at radius 1 is 1.69 bits per heavy atom. The molecule has 3 nitrogen and oxygen atoms in total. The first-order valence-electron chi connectivity index (χ1n) is 4.32. The fraction of sp³-hybridized carbons (Fsp3) is 0.875. The van der Waals surface area contributed by atoms with Crippen molar-refractivity contribution < 1.29 is 13.6 Å². The normalized spacial score (nSPS) is 29.0. The number of rotatable bonds is 3. The Morgan fingerprint density at radius 3 is 2.69 bits per heavy atom. The topological polar surface area (TPSA) is 32.3 Å². The van der Waals surface area contributed by atoms with Crippen LogP contribution in [0.2, 0.25) is 0 Å². The van der Waals surface area contributed by atoms with Gasteiger partial charge in [0, 0.05) is 0 Å². The fourth-order valence-electron chi connectivity index (χ4n) is 1.36. The third-order valence-corrected chi connectivity index (χ3v) is 2.48. The zero-order valence-electron chi connectivity index (χ0n) is 7.81. The van der Waals surface area contributed by atoms with Crippen molar-refractivity contribution in [3.63, 3.8) is 0 Å². The van der Waals surface area contributed by atoms with Crippen LogP contribution in [0, 0.1) is 0 Å². The van der Waals surface area contributed by atoms with Crippen LogP contribution in [-0.2, 0) is 4.79 Å². The second-order valence-corrected chi connectivity index (χ2v) is 3.44. The van der Waals surface area contributed by atoms with Gasteiger partial charge in [0.25, 0.3) is 6.43 Å². The third-order valence-electron chi connectivity index (χ3n) is 2.48. The Hall–Kier alpha value is -0.710. The number of amides is 1. The van der Waals surface area contributed by atoms with Crippen molar-refractivity contribution in [2.75, 3.05) is 13.2 Å². The van der Waals surface area contributed by atoms with E-state index >= 15 is 0 Å². The lowest BCUT2D eigenvalue weighted by atomic mass is 9.99. The summed E-state index contributed by atoms with van der Waals surface area (Å²) in [6.07, 6.45) is -1.84. The highest BCUT2D eigenvalue weighted by Crippen LogP contribution is 2.19. The first kappa shape index (κ1) is 10.4. The van der Waals surface area contributed by atoms with E-state index in [1.807, 2.05) is 6.92 Å². The standard InChI is InChI=1S/C8H14F2N2O/c1-3-8(2)7(13)12(5-11-8)4-6(9)10/h6,11H,3-5H2,1-2H3. The van der Waals surface area contributed by atoms with Crippen LogP contribution in [0.5, 0.6) is 0 Å². The molecule has 13 heavy (non-hydrogen) atoms. The van der Waals surface area contributed by atoms with Crippen LogP contribution in [0.4, 0.5) is 8.78 Å². The van der Waals surface area contributed by atoms with Gasteiger partial charge in [-0.05, 0) is 13.3 Å². The molecule has 1 atom stereocenters. The molecule has 1 aliphatic heterocycles. The van der Waals surface area contributed by atoms with Gasteiger partial charge in [-0.1, -0.05) is 6.92 Å². The summed E-state index contributed by atoms with van der Waals surface area (Å²) in [5.41, 5.74) is -0.644. The van der Waals surface area contributed by atoms with E-state index in [4.69, 9.17) is 0 Å². The predicted molar refractivity (Wildman–Crippen MR) is 44.4 cm³/mol. The van der Waals surface area contributed by atoms with Gasteiger partial charge in [-0.15, -0.1) is 0 Å². The highest BCUT2D eigenvalue weighted by Gasteiger charge is 2.41. The number of carbonyl (C=O) groups excluding carboxylic acids is 1. The zero-order valence-corrected chi connectivity index (χ0v) is 7.81. The molecule has 76 valence electrons. The molecule has 5 heteroatoms. The van der Waals surface area contributed by atoms with Crippen LogP contribution in [0.3, 0.4) is 0 Å². The summed E-state index contributed by atoms with van der Waals surface area (Å²) in [5.74, 6) is -0.227. The Labute approximate surface area is 76.1 Å². The fourth-order valence-corrected chi connectivity index (χ4v) is 1.36. The van der Waals surface area contributed by atoms with Crippen LogP contribution in [0.15, 0.2) is 0 Å². The van der Waals surface area contributed by atoms with E-state index < -0.39 is 18.5 Å². The van der Waals surface area contributed by atoms with Crippen molar-refractivity contribution in [3.8, 4) is 0 Å². The lowest BCUT2D eigenvalue weighted by Crippen LogP contribution is -2.43. The number of nitrogens with one attached hydrogen (secondary N) is 1. The van der Waals surface area contributed by atoms with Gasteiger partial charge in [0.05, 0.1) is 18.8 Å². The van der Waals surface area contributed by atoms with Crippen molar-refractivity contribution in [1.29, 1.82) is 0 Å². The maximum Gasteiger partial charge on any atom is 0.255 e. The molecule has 1 heterocycles. The third kappa shape index (κ3) is 1.96. The number of hydrogen-bond donors (Lipinski definition) is 1. The SMILES string of the molecule is CCC1(C)NCN(CC(F)F)C1=O. The van der Waals surface area contributed by atoms with Crippen molar-refractivity contribution in [1.82, 2.24) is 10.2 Å². The van der Waals surface area contributed by atoms with E-state index in [0.29, 0.717) is 6.42 Å². The first-order valence-corrected chi connectivity index (χ1v) is 4.32. The van der Waals surface area contributed by atoms with Crippen molar-refractivity contribution >= 4 is 5.91 Å². The number of carbonyl (C=O) groups is 1. The molecule has 0 aromatic carbocycles. The Kier molecular flexibility index (Phi) is 2.85. The number of halogens is 2. The molecule has 1 N–H and O–H groups in total. The van der Waals surface area contributed by atoms with Gasteiger partial charge in [0.15, 0.2) is 0 Å². The molecule has 1 aliphatic rings. The number of alkyl halides is 2. The molecule has 1 fully saturated rings. The van der Waals surface area contributed by atoms with Gasteiger partial charge in [0.2, 0.25) is 5.91 Å². The minimum Gasteiger partial charge on any atom is -0.323 e. The molecule has 1 saturated heterocycles. The second-order valence-electron chi connectivity index (χ2n) is 3.44. The smallest absolute Gasteiger partial charge is 0.255 e. The molecule has 0 aliphatic carbocycles. The van der Waals surface area contributed by atoms with E-state index in [-0.39, 0.29) is 12.6 Å². The summed E-state index contributed by atoms with van der Waals surface area (Å²) < 4.78 is 24.0. The minimum atomic E-state index is -2.45. The molecule has 0 aromatic heterocycles. The molecule has 0 bridgehead atoms. The maximum atomic E-state index is 12.0. The highest BCUT2D eigenvalue weighted by molar-refractivity contribution is 5.87. The van der Waals surface area contributed by atoms with Crippen molar-refractivity contribution in [2.24, 2.45) is 0 Å². The molecule has 1 amide bonds. The molecular weight excluding hydrogens is 178 g/mol. The van der Waals surface area contributed by atoms with E-state index in [1.54, 1.807) is 6.92 Å². The summed E-state index contributed by atoms with van der Waals surface area (Å²) in [6, 6.07) is 0. The average molecular weight is 192 g/mol. The van der Waals surface area contributed by atoms with Gasteiger partial charge in [-0.3, -0.25) is 10.1 Å². The Balaban J connectivity index is 2.60. The van der Waals surface area contributed by atoms with Gasteiger partial charge >= 0.3 is 0 Å². The van der Waals surface area contributed by atoms with Gasteiger partial charge < -0.3 is 4.90 Å². The minimum absolute atomic E-state index is 0.227. The van der Waals surface area contributed by atoms with Gasteiger partial charge in [0.1, 0.15) is 0 Å². The second kappa shape index (κ2) is 3.57. The molecule has 0 spiro atoms. The maximum absolute atomic E-state index is 12.0. The Morgan fingerprint density at radius 2 is 2.31 bits per heavy atom. The summed E-state index contributed by atoms with van der Waals surface area (Å²) in [4.78, 5) is 12.7. The average Bonchev–Trinajstić information content (AvgIpc) is 2.33. The summed E-state index contributed by atoms with van der Waals surface area (Å²) in [6.45, 7) is 3.35. The lowest BCUT2D eigenvalue weighted by Gasteiger charge is -2.20. The number of nitrogens with zero attached hydrogens (tertiary/aromatic N) is 1. The summed E-state index contributed by atoms with van der Waals surface area (Å²) in [5, 5.41) is 2.93. The van der Waals surface area contributed by atoms with Crippen LogP contribution >= 0.6 is 0 Å². The molecule has 0 radical (unpaired) electrons. The predicted octanol–water partition coefficient (Wildman–Crippen LogP) is 0.809. The van der Waals surface area contributed by atoms with E-state index in [0.717, 1.165) is 4.90 Å². The quantitative estimate of drug-likeness (QED) is 0.717. The molecule has 0 saturated carbocycles. The monoisotopic (exact) mass is 192 g/mol. The first-order chi connectivity index (χ1) is 5.99. The Bertz CT molecular complexity index is 210. The van der Waals surface area contributed by atoms with E-state index in [2.05, 4.69) is 5.32 Å². The number of hydrogen-bond acceptors (Lipinski definition) is 2. The van der Waals surface area contributed by atoms with E-state index in [9.17, 15) is 13.6 Å². The van der Waals surface area contributed by atoms with Crippen LogP contribution in [0.1, 0.15) is 20.3 Å². The van der Waals surface area contributed by atoms with Gasteiger partial charge in [-0.25, -0.2) is 8.78 Å². The van der Waals surface area contributed by atoms with E-state index in [1.165, 1.54) is 0 Å². The van der Waals surface area contributed by atoms with Crippen molar-refractivity contribution in [3.05, 3.63) is 0 Å². The summed E-state index contributed by atoms with van der Waals surface area (Å²) in [7, 11) is 0. The molecule has 1 unspecified atom stereocenters. The summed E-state index contributed by atoms with van der Waals surface area (Å²) >= 11 is 0. The highest BCUT2D eigenvalue weighted by atomic mass is 19.3. The van der Waals surface area contributed by atoms with Crippen LogP contribution in [0.25, 0.3) is 0 Å². The van der Waals surface area contributed by atoms with Crippen LogP contribution in [-0.4, -0.2) is 36.0 Å². The molecule has 1 rings (SSSR count). The largest absolute Gasteiger partial charge is 0.323 e. The van der Waals surface area contributed by atoms with Crippen molar-refractivity contribution in [2.45, 2.75) is 32.2 Å².